The van der Waals surface area contributed by atoms with Gasteiger partial charge in [0.2, 0.25) is 5.88 Å². The zero-order valence-electron chi connectivity index (χ0n) is 19.7. The van der Waals surface area contributed by atoms with Gasteiger partial charge in [-0.05, 0) is 27.2 Å². The molecule has 0 aromatic carbocycles. The second-order valence-corrected chi connectivity index (χ2v) is 8.54. The number of carbonyl (C=O) groups excluding carboxylic acids is 1. The molecule has 3 aromatic heterocycles. The number of aromatic nitrogens is 5. The molecular weight excluding hydrogens is 476 g/mol. The van der Waals surface area contributed by atoms with Crippen molar-refractivity contribution in [2.45, 2.75) is 32.8 Å². The number of amides is 1. The third-order valence-electron chi connectivity index (χ3n) is 4.24. The van der Waals surface area contributed by atoms with Crippen LogP contribution in [-0.4, -0.2) is 57.1 Å². The number of nitrogens with zero attached hydrogens (tertiary/aromatic N) is 5. The van der Waals surface area contributed by atoms with E-state index in [-0.39, 0.29) is 23.3 Å². The van der Waals surface area contributed by atoms with E-state index >= 15 is 0 Å². The predicted octanol–water partition coefficient (Wildman–Crippen LogP) is 3.83. The monoisotopic (exact) mass is 500 g/mol. The SMILES string of the molecule is COc1cc(Cl)nc(OCCCNC(=O)OC(C)(C)C)c1-c1cc(Nc2cnc(C#N)cn2)n[nH]1. The molecular formula is C22H25ClN8O4. The van der Waals surface area contributed by atoms with Crippen molar-refractivity contribution in [2.24, 2.45) is 0 Å². The smallest absolute Gasteiger partial charge is 0.407 e. The van der Waals surface area contributed by atoms with E-state index in [1.807, 2.05) is 6.07 Å². The lowest BCUT2D eigenvalue weighted by atomic mass is 10.2. The van der Waals surface area contributed by atoms with E-state index in [1.54, 1.807) is 32.9 Å². The Bertz CT molecular complexity index is 1200. The van der Waals surface area contributed by atoms with Crippen molar-refractivity contribution < 1.29 is 19.0 Å². The second-order valence-electron chi connectivity index (χ2n) is 8.15. The van der Waals surface area contributed by atoms with Gasteiger partial charge in [0.15, 0.2) is 11.5 Å². The molecule has 0 aliphatic rings. The lowest BCUT2D eigenvalue weighted by Crippen LogP contribution is -2.33. The Morgan fingerprint density at radius 3 is 2.69 bits per heavy atom. The average Bonchev–Trinajstić information content (AvgIpc) is 3.25. The molecule has 1 amide bonds. The Balaban J connectivity index is 1.69. The second kappa shape index (κ2) is 11.3. The number of halogens is 1. The number of pyridine rings is 1. The Labute approximate surface area is 207 Å². The number of H-pyrrole nitrogens is 1. The summed E-state index contributed by atoms with van der Waals surface area (Å²) in [5, 5.41) is 21.8. The Hall–Kier alpha value is -4.11. The van der Waals surface area contributed by atoms with Crippen LogP contribution >= 0.6 is 11.6 Å². The first kappa shape index (κ1) is 25.5. The van der Waals surface area contributed by atoms with E-state index in [0.29, 0.717) is 41.6 Å². The molecule has 0 aliphatic heterocycles. The van der Waals surface area contributed by atoms with Crippen molar-refractivity contribution in [1.29, 1.82) is 5.26 Å². The fraction of sp³-hybridized carbons (Fsp3) is 0.364. The van der Waals surface area contributed by atoms with Gasteiger partial charge in [-0.25, -0.2) is 19.7 Å². The minimum Gasteiger partial charge on any atom is -0.496 e. The summed E-state index contributed by atoms with van der Waals surface area (Å²) in [5.74, 6) is 1.53. The number of ether oxygens (including phenoxy) is 3. The molecule has 0 fully saturated rings. The van der Waals surface area contributed by atoms with E-state index in [9.17, 15) is 4.79 Å². The van der Waals surface area contributed by atoms with Crippen LogP contribution in [-0.2, 0) is 4.74 Å². The first-order chi connectivity index (χ1) is 16.7. The normalized spacial score (nSPS) is 10.9. The minimum absolute atomic E-state index is 0.193. The van der Waals surface area contributed by atoms with E-state index in [0.717, 1.165) is 0 Å². The van der Waals surface area contributed by atoms with Crippen LogP contribution in [0.2, 0.25) is 5.15 Å². The summed E-state index contributed by atoms with van der Waals surface area (Å²) >= 11 is 6.15. The number of nitrogens with one attached hydrogen (secondary N) is 3. The first-order valence-electron chi connectivity index (χ1n) is 10.6. The molecule has 184 valence electrons. The molecule has 13 heteroatoms. The molecule has 0 aliphatic carbocycles. The number of anilines is 2. The highest BCUT2D eigenvalue weighted by atomic mass is 35.5. The van der Waals surface area contributed by atoms with E-state index in [4.69, 9.17) is 31.1 Å². The van der Waals surface area contributed by atoms with Crippen molar-refractivity contribution in [3.63, 3.8) is 0 Å². The summed E-state index contributed by atoms with van der Waals surface area (Å²) in [4.78, 5) is 24.1. The van der Waals surface area contributed by atoms with Crippen LogP contribution < -0.4 is 20.1 Å². The molecule has 0 atom stereocenters. The fourth-order valence-corrected chi connectivity index (χ4v) is 3.00. The Morgan fingerprint density at radius 2 is 2.03 bits per heavy atom. The number of alkyl carbamates (subject to hydrolysis) is 1. The van der Waals surface area contributed by atoms with Crippen LogP contribution in [0.4, 0.5) is 16.4 Å². The van der Waals surface area contributed by atoms with Crippen molar-refractivity contribution in [2.75, 3.05) is 25.6 Å². The highest BCUT2D eigenvalue weighted by Gasteiger charge is 2.20. The molecule has 12 nitrogen and oxygen atoms in total. The van der Waals surface area contributed by atoms with Crippen LogP contribution in [0, 0.1) is 11.3 Å². The lowest BCUT2D eigenvalue weighted by Gasteiger charge is -2.19. The molecule has 0 radical (unpaired) electrons. The summed E-state index contributed by atoms with van der Waals surface area (Å²) in [5.41, 5.74) is 0.708. The quantitative estimate of drug-likeness (QED) is 0.291. The van der Waals surface area contributed by atoms with Gasteiger partial charge < -0.3 is 24.8 Å². The van der Waals surface area contributed by atoms with Crippen molar-refractivity contribution >= 4 is 29.3 Å². The number of rotatable bonds is 9. The van der Waals surface area contributed by atoms with Gasteiger partial charge in [0, 0.05) is 18.7 Å². The topological polar surface area (TPSA) is 160 Å². The molecule has 3 aromatic rings. The highest BCUT2D eigenvalue weighted by molar-refractivity contribution is 6.29. The Kier molecular flexibility index (Phi) is 8.27. The maximum absolute atomic E-state index is 11.8. The predicted molar refractivity (Wildman–Crippen MR) is 128 cm³/mol. The van der Waals surface area contributed by atoms with Gasteiger partial charge >= 0.3 is 6.09 Å². The summed E-state index contributed by atoms with van der Waals surface area (Å²) in [6, 6.07) is 5.19. The number of aromatic amines is 1. The van der Waals surface area contributed by atoms with Crippen LogP contribution in [0.15, 0.2) is 24.5 Å². The molecule has 0 unspecified atom stereocenters. The van der Waals surface area contributed by atoms with E-state index in [1.165, 1.54) is 19.5 Å². The number of hydrogen-bond acceptors (Lipinski definition) is 10. The number of hydrogen-bond donors (Lipinski definition) is 3. The number of methoxy groups -OCH3 is 1. The van der Waals surface area contributed by atoms with Gasteiger partial charge in [0.05, 0.1) is 31.8 Å². The largest absolute Gasteiger partial charge is 0.496 e. The Morgan fingerprint density at radius 1 is 1.23 bits per heavy atom. The van der Waals surface area contributed by atoms with E-state index < -0.39 is 11.7 Å². The summed E-state index contributed by atoms with van der Waals surface area (Å²) in [6.07, 6.45) is 2.79. The van der Waals surface area contributed by atoms with Gasteiger partial charge in [0.25, 0.3) is 0 Å². The minimum atomic E-state index is -0.568. The average molecular weight is 501 g/mol. The molecule has 35 heavy (non-hydrogen) atoms. The van der Waals surface area contributed by atoms with Crippen LogP contribution in [0.3, 0.4) is 0 Å². The first-order valence-corrected chi connectivity index (χ1v) is 11.0. The maximum atomic E-state index is 11.8. The summed E-state index contributed by atoms with van der Waals surface area (Å²) in [6.45, 7) is 5.99. The molecule has 0 bridgehead atoms. The number of nitriles is 1. The third kappa shape index (κ3) is 7.44. The molecule has 3 heterocycles. The van der Waals surface area contributed by atoms with Gasteiger partial charge in [0.1, 0.15) is 34.0 Å². The molecule has 0 saturated carbocycles. The summed E-state index contributed by atoms with van der Waals surface area (Å²) in [7, 11) is 1.51. The zero-order valence-corrected chi connectivity index (χ0v) is 20.4. The summed E-state index contributed by atoms with van der Waals surface area (Å²) < 4.78 is 16.5. The van der Waals surface area contributed by atoms with Crippen LogP contribution in [0.1, 0.15) is 32.9 Å². The van der Waals surface area contributed by atoms with Gasteiger partial charge in [-0.15, -0.1) is 0 Å². The zero-order chi connectivity index (χ0) is 25.4. The fourth-order valence-electron chi connectivity index (χ4n) is 2.83. The standard InChI is InChI=1S/C22H25ClN8O4/c1-22(2,3)35-21(32)25-6-5-7-34-20-19(15(33-4)9-16(23)28-20)14-8-17(31-30-14)29-18-12-26-13(10-24)11-27-18/h8-9,11-12H,5-7H2,1-4H3,(H,25,32)(H2,27,29,30,31). The lowest BCUT2D eigenvalue weighted by molar-refractivity contribution is 0.0525. The number of carbonyl (C=O) groups is 1. The van der Waals surface area contributed by atoms with Gasteiger partial charge in [-0.2, -0.15) is 10.4 Å². The highest BCUT2D eigenvalue weighted by Crippen LogP contribution is 2.38. The third-order valence-corrected chi connectivity index (χ3v) is 4.43. The van der Waals surface area contributed by atoms with Crippen LogP contribution in [0.25, 0.3) is 11.3 Å². The molecule has 0 saturated heterocycles. The van der Waals surface area contributed by atoms with Crippen molar-refractivity contribution in [1.82, 2.24) is 30.5 Å². The van der Waals surface area contributed by atoms with E-state index in [2.05, 4.69) is 35.8 Å². The van der Waals surface area contributed by atoms with Crippen molar-refractivity contribution in [3.05, 3.63) is 35.4 Å². The maximum Gasteiger partial charge on any atom is 0.407 e. The van der Waals surface area contributed by atoms with Gasteiger partial charge in [-0.3, -0.25) is 5.10 Å². The van der Waals surface area contributed by atoms with Gasteiger partial charge in [-0.1, -0.05) is 11.6 Å². The van der Waals surface area contributed by atoms with Crippen LogP contribution in [0.5, 0.6) is 11.6 Å². The molecule has 3 N–H and O–H groups in total. The van der Waals surface area contributed by atoms with Crippen molar-refractivity contribution in [3.8, 4) is 29.0 Å². The molecule has 3 rings (SSSR count). The molecule has 0 spiro atoms.